The first kappa shape index (κ1) is 13.3. The van der Waals surface area contributed by atoms with Gasteiger partial charge in [0.15, 0.2) is 0 Å². The molecular formula is C14H26O3. The van der Waals surface area contributed by atoms with Crippen LogP contribution >= 0.6 is 0 Å². The van der Waals surface area contributed by atoms with Gasteiger partial charge in [-0.2, -0.15) is 0 Å². The van der Waals surface area contributed by atoms with Crippen molar-refractivity contribution in [3.63, 3.8) is 0 Å². The van der Waals surface area contributed by atoms with Crippen LogP contribution in [0.1, 0.15) is 46.0 Å². The molecule has 3 heteroatoms. The lowest BCUT2D eigenvalue weighted by Crippen LogP contribution is -2.36. The second-order valence-electron chi connectivity index (χ2n) is 6.46. The molecule has 0 aliphatic heterocycles. The number of aliphatic hydroxyl groups is 3. The first-order valence-electron chi connectivity index (χ1n) is 6.96. The van der Waals surface area contributed by atoms with Crippen molar-refractivity contribution in [3.8, 4) is 0 Å². The molecule has 0 aromatic rings. The Balaban J connectivity index is 2.22. The molecule has 0 saturated heterocycles. The fraction of sp³-hybridized carbons (Fsp3) is 1.00. The predicted octanol–water partition coefficient (Wildman–Crippen LogP) is 1.55. The Labute approximate surface area is 104 Å². The summed E-state index contributed by atoms with van der Waals surface area (Å²) in [6, 6.07) is 0. The van der Waals surface area contributed by atoms with Gasteiger partial charge >= 0.3 is 0 Å². The molecule has 6 atom stereocenters. The molecule has 0 heterocycles. The van der Waals surface area contributed by atoms with Gasteiger partial charge in [-0.05, 0) is 55.3 Å². The minimum Gasteiger partial charge on any atom is -0.396 e. The molecule has 2 rings (SSSR count). The van der Waals surface area contributed by atoms with E-state index in [2.05, 4.69) is 13.8 Å². The minimum absolute atomic E-state index is 0.0588. The van der Waals surface area contributed by atoms with Crippen molar-refractivity contribution >= 4 is 0 Å². The van der Waals surface area contributed by atoms with Crippen LogP contribution in [0.25, 0.3) is 0 Å². The Morgan fingerprint density at radius 3 is 2.59 bits per heavy atom. The molecule has 0 bridgehead atoms. The van der Waals surface area contributed by atoms with E-state index in [1.165, 1.54) is 0 Å². The number of hydrogen-bond acceptors (Lipinski definition) is 3. The Morgan fingerprint density at radius 1 is 1.24 bits per heavy atom. The highest BCUT2D eigenvalue weighted by atomic mass is 16.3. The number of fused-ring (bicyclic) bond motifs is 1. The third-order valence-electron chi connectivity index (χ3n) is 5.41. The summed E-state index contributed by atoms with van der Waals surface area (Å²) >= 11 is 0. The van der Waals surface area contributed by atoms with Crippen LogP contribution in [0.15, 0.2) is 0 Å². The van der Waals surface area contributed by atoms with E-state index in [0.717, 1.165) is 25.7 Å². The van der Waals surface area contributed by atoms with Crippen molar-refractivity contribution in [2.75, 3.05) is 6.61 Å². The zero-order valence-corrected chi connectivity index (χ0v) is 11.0. The van der Waals surface area contributed by atoms with E-state index in [1.54, 1.807) is 0 Å². The van der Waals surface area contributed by atoms with Gasteiger partial charge in [0.1, 0.15) is 0 Å². The van der Waals surface area contributed by atoms with Gasteiger partial charge in [-0.3, -0.25) is 0 Å². The Morgan fingerprint density at radius 2 is 1.94 bits per heavy atom. The van der Waals surface area contributed by atoms with Crippen molar-refractivity contribution in [1.29, 1.82) is 0 Å². The SMILES string of the molecule is C[C@@H]1C[C@H](O)[C@@H](CCO)C[C@]2(C)[C@@H](O)CC[C@@H]12. The Hall–Kier alpha value is -0.120. The fourth-order valence-electron chi connectivity index (χ4n) is 4.36. The molecule has 0 unspecified atom stereocenters. The third-order valence-corrected chi connectivity index (χ3v) is 5.41. The summed E-state index contributed by atoms with van der Waals surface area (Å²) in [6.07, 6.45) is 3.75. The van der Waals surface area contributed by atoms with Crippen molar-refractivity contribution in [1.82, 2.24) is 0 Å². The number of rotatable bonds is 2. The second kappa shape index (κ2) is 4.87. The molecule has 0 aromatic carbocycles. The zero-order chi connectivity index (χ0) is 12.6. The van der Waals surface area contributed by atoms with Crippen LogP contribution in [0.5, 0.6) is 0 Å². The third kappa shape index (κ3) is 2.25. The van der Waals surface area contributed by atoms with E-state index in [0.29, 0.717) is 18.3 Å². The first-order valence-corrected chi connectivity index (χ1v) is 6.96. The van der Waals surface area contributed by atoms with Gasteiger partial charge in [-0.25, -0.2) is 0 Å². The van der Waals surface area contributed by atoms with Crippen molar-refractivity contribution in [2.45, 2.75) is 58.2 Å². The highest BCUT2D eigenvalue weighted by Gasteiger charge is 2.51. The smallest absolute Gasteiger partial charge is 0.0596 e. The van der Waals surface area contributed by atoms with Crippen LogP contribution in [0.4, 0.5) is 0 Å². The normalized spacial score (nSPS) is 51.0. The van der Waals surface area contributed by atoms with Crippen LogP contribution in [0.2, 0.25) is 0 Å². The van der Waals surface area contributed by atoms with E-state index < -0.39 is 0 Å². The first-order chi connectivity index (χ1) is 7.99. The molecule has 3 nitrogen and oxygen atoms in total. The molecule has 2 aliphatic rings. The molecule has 100 valence electrons. The van der Waals surface area contributed by atoms with Gasteiger partial charge in [0, 0.05) is 6.61 Å². The van der Waals surface area contributed by atoms with E-state index in [4.69, 9.17) is 5.11 Å². The second-order valence-corrected chi connectivity index (χ2v) is 6.46. The summed E-state index contributed by atoms with van der Waals surface area (Å²) in [5.74, 6) is 1.14. The van der Waals surface area contributed by atoms with Crippen LogP contribution < -0.4 is 0 Å². The lowest BCUT2D eigenvalue weighted by atomic mass is 9.70. The molecule has 3 N–H and O–H groups in total. The standard InChI is InChI=1S/C14H26O3/c1-9-7-12(16)10(5-6-15)8-14(2)11(9)3-4-13(14)17/h9-13,15-17H,3-8H2,1-2H3/t9-,10+,11+,12+,13+,14+/m1/s1. The van der Waals surface area contributed by atoms with Gasteiger partial charge in [-0.15, -0.1) is 0 Å². The van der Waals surface area contributed by atoms with Crippen LogP contribution in [0.3, 0.4) is 0 Å². The highest BCUT2D eigenvalue weighted by Crippen LogP contribution is 2.54. The van der Waals surface area contributed by atoms with E-state index >= 15 is 0 Å². The number of aliphatic hydroxyl groups excluding tert-OH is 3. The van der Waals surface area contributed by atoms with E-state index in [9.17, 15) is 10.2 Å². The average molecular weight is 242 g/mol. The highest BCUT2D eigenvalue weighted by molar-refractivity contribution is 5.01. The largest absolute Gasteiger partial charge is 0.396 e. The molecule has 2 aliphatic carbocycles. The van der Waals surface area contributed by atoms with Gasteiger partial charge in [0.25, 0.3) is 0 Å². The van der Waals surface area contributed by atoms with Crippen molar-refractivity contribution in [2.24, 2.45) is 23.2 Å². The van der Waals surface area contributed by atoms with Crippen LogP contribution in [-0.4, -0.2) is 34.1 Å². The Kier molecular flexibility index (Phi) is 3.81. The summed E-state index contributed by atoms with van der Waals surface area (Å²) in [5, 5.41) is 29.6. The molecule has 0 amide bonds. The van der Waals surface area contributed by atoms with Gasteiger partial charge in [-0.1, -0.05) is 13.8 Å². The maximum atomic E-state index is 10.3. The van der Waals surface area contributed by atoms with Gasteiger partial charge in [0.2, 0.25) is 0 Å². The topological polar surface area (TPSA) is 60.7 Å². The maximum absolute atomic E-state index is 10.3. The summed E-state index contributed by atoms with van der Waals surface area (Å²) < 4.78 is 0. The molecule has 0 radical (unpaired) electrons. The summed E-state index contributed by atoms with van der Waals surface area (Å²) in [6.45, 7) is 4.51. The molecule has 17 heavy (non-hydrogen) atoms. The van der Waals surface area contributed by atoms with E-state index in [1.807, 2.05) is 0 Å². The summed E-state index contributed by atoms with van der Waals surface area (Å²) in [5.41, 5.74) is -0.0588. The molecule has 0 spiro atoms. The predicted molar refractivity (Wildman–Crippen MR) is 66.4 cm³/mol. The minimum atomic E-state index is -0.313. The van der Waals surface area contributed by atoms with Gasteiger partial charge in [0.05, 0.1) is 12.2 Å². The maximum Gasteiger partial charge on any atom is 0.0596 e. The zero-order valence-electron chi connectivity index (χ0n) is 11.0. The van der Waals surface area contributed by atoms with Crippen LogP contribution in [-0.2, 0) is 0 Å². The lowest BCUT2D eigenvalue weighted by molar-refractivity contribution is 0.00405. The summed E-state index contributed by atoms with van der Waals surface area (Å²) in [7, 11) is 0. The van der Waals surface area contributed by atoms with Crippen molar-refractivity contribution < 1.29 is 15.3 Å². The summed E-state index contributed by atoms with van der Waals surface area (Å²) in [4.78, 5) is 0. The monoisotopic (exact) mass is 242 g/mol. The lowest BCUT2D eigenvalue weighted by Gasteiger charge is -2.37. The van der Waals surface area contributed by atoms with Crippen molar-refractivity contribution in [3.05, 3.63) is 0 Å². The fourth-order valence-corrected chi connectivity index (χ4v) is 4.36. The molecule has 0 aromatic heterocycles. The van der Waals surface area contributed by atoms with Crippen LogP contribution in [0, 0.1) is 23.2 Å². The van der Waals surface area contributed by atoms with Gasteiger partial charge < -0.3 is 15.3 Å². The Bertz CT molecular complexity index is 268. The molecule has 2 saturated carbocycles. The number of hydrogen-bond donors (Lipinski definition) is 3. The molecule has 2 fully saturated rings. The molecular weight excluding hydrogens is 216 g/mol. The quantitative estimate of drug-likeness (QED) is 0.688. The van der Waals surface area contributed by atoms with E-state index in [-0.39, 0.29) is 30.1 Å². The average Bonchev–Trinajstić information content (AvgIpc) is 2.50.